The zero-order valence-electron chi connectivity index (χ0n) is 26.5. The van der Waals surface area contributed by atoms with Gasteiger partial charge in [0.1, 0.15) is 12.3 Å². The summed E-state index contributed by atoms with van der Waals surface area (Å²) < 4.78 is 18.9. The first kappa shape index (κ1) is 33.0. The van der Waals surface area contributed by atoms with Gasteiger partial charge in [0.15, 0.2) is 17.9 Å². The second kappa shape index (κ2) is 15.8. The van der Waals surface area contributed by atoms with E-state index in [-0.39, 0.29) is 28.1 Å². The Morgan fingerprint density at radius 3 is 1.58 bits per heavy atom. The molecule has 0 aliphatic carbocycles. The Kier molecular flexibility index (Phi) is 10.4. The molecule has 0 spiro atoms. The number of hydrogen-bond acceptors (Lipinski definition) is 9. The zero-order valence-corrected chi connectivity index (χ0v) is 26.5. The van der Waals surface area contributed by atoms with Crippen molar-refractivity contribution in [1.29, 1.82) is 0 Å². The number of hydrogen-bond donors (Lipinski definition) is 1. The Balaban J connectivity index is 1.48. The predicted octanol–water partition coefficient (Wildman–Crippen LogP) is 7.56. The SMILES string of the molecule is O=C(OCC(OC(=O)c1ccccc1)C(OC(=O)c1ccccc1)c1[nH]n(-c2ccccc2)c(=O)c1N=Nc1ccccc1)c1ccccc1. The van der Waals surface area contributed by atoms with Crippen molar-refractivity contribution < 1.29 is 28.6 Å². The molecule has 0 radical (unpaired) electrons. The van der Waals surface area contributed by atoms with Gasteiger partial charge in [-0.15, -0.1) is 5.11 Å². The van der Waals surface area contributed by atoms with Crippen molar-refractivity contribution in [3.8, 4) is 5.69 Å². The van der Waals surface area contributed by atoms with Gasteiger partial charge in [-0.2, -0.15) is 5.11 Å². The maximum atomic E-state index is 14.0. The predicted molar refractivity (Wildman–Crippen MR) is 184 cm³/mol. The van der Waals surface area contributed by atoms with E-state index in [4.69, 9.17) is 14.2 Å². The van der Waals surface area contributed by atoms with E-state index in [1.54, 1.807) is 146 Å². The van der Waals surface area contributed by atoms with Gasteiger partial charge in [-0.3, -0.25) is 9.89 Å². The summed E-state index contributed by atoms with van der Waals surface area (Å²) in [6, 6.07) is 42.0. The van der Waals surface area contributed by atoms with Gasteiger partial charge in [0.25, 0.3) is 5.56 Å². The van der Waals surface area contributed by atoms with Crippen LogP contribution < -0.4 is 5.56 Å². The number of esters is 3. The van der Waals surface area contributed by atoms with Crippen LogP contribution in [-0.4, -0.2) is 40.4 Å². The number of para-hydroxylation sites is 1. The molecule has 2 unspecified atom stereocenters. The van der Waals surface area contributed by atoms with Gasteiger partial charge in [-0.05, 0) is 60.7 Å². The first-order valence-corrected chi connectivity index (χ1v) is 15.6. The fourth-order valence-corrected chi connectivity index (χ4v) is 4.96. The van der Waals surface area contributed by atoms with Crippen LogP contribution in [0.25, 0.3) is 5.69 Å². The molecule has 0 aliphatic rings. The smallest absolute Gasteiger partial charge is 0.338 e. The normalized spacial score (nSPS) is 12.2. The first-order chi connectivity index (χ1) is 24.5. The molecule has 11 nitrogen and oxygen atoms in total. The number of azo groups is 1. The molecule has 0 saturated carbocycles. The van der Waals surface area contributed by atoms with Gasteiger partial charge < -0.3 is 14.2 Å². The van der Waals surface area contributed by atoms with Crippen molar-refractivity contribution in [2.75, 3.05) is 6.61 Å². The van der Waals surface area contributed by atoms with E-state index in [2.05, 4.69) is 15.3 Å². The number of benzene rings is 5. The van der Waals surface area contributed by atoms with E-state index in [0.717, 1.165) is 0 Å². The molecule has 5 aromatic carbocycles. The highest BCUT2D eigenvalue weighted by Crippen LogP contribution is 2.32. The minimum absolute atomic E-state index is 0.0514. The number of ether oxygens (including phenoxy) is 3. The van der Waals surface area contributed by atoms with E-state index in [9.17, 15) is 19.2 Å². The van der Waals surface area contributed by atoms with Crippen LogP contribution in [0.3, 0.4) is 0 Å². The second-order valence-electron chi connectivity index (χ2n) is 10.9. The Hall–Kier alpha value is -6.88. The number of carbonyl (C=O) groups is 3. The van der Waals surface area contributed by atoms with E-state index < -0.39 is 42.3 Å². The molecule has 1 heterocycles. The van der Waals surface area contributed by atoms with Gasteiger partial charge in [0.2, 0.25) is 0 Å². The van der Waals surface area contributed by atoms with Crippen LogP contribution >= 0.6 is 0 Å². The van der Waals surface area contributed by atoms with E-state index in [1.807, 2.05) is 6.07 Å². The summed E-state index contributed by atoms with van der Waals surface area (Å²) in [7, 11) is 0. The molecule has 6 aromatic rings. The number of rotatable bonds is 12. The number of H-pyrrole nitrogens is 1. The zero-order chi connectivity index (χ0) is 34.7. The molecule has 248 valence electrons. The summed E-state index contributed by atoms with van der Waals surface area (Å²) in [5, 5.41) is 11.6. The van der Waals surface area contributed by atoms with Crippen molar-refractivity contribution in [2.45, 2.75) is 12.2 Å². The largest absolute Gasteiger partial charge is 0.458 e. The maximum absolute atomic E-state index is 14.0. The van der Waals surface area contributed by atoms with Gasteiger partial charge >= 0.3 is 17.9 Å². The van der Waals surface area contributed by atoms with E-state index in [1.165, 1.54) is 4.68 Å². The van der Waals surface area contributed by atoms with Crippen LogP contribution in [0.4, 0.5) is 11.4 Å². The highest BCUT2D eigenvalue weighted by Gasteiger charge is 2.37. The molecule has 50 heavy (non-hydrogen) atoms. The van der Waals surface area contributed by atoms with Crippen LogP contribution in [-0.2, 0) is 14.2 Å². The van der Waals surface area contributed by atoms with Crippen molar-refractivity contribution in [1.82, 2.24) is 9.78 Å². The topological polar surface area (TPSA) is 141 Å². The number of nitrogens with one attached hydrogen (secondary N) is 1. The van der Waals surface area contributed by atoms with Crippen molar-refractivity contribution >= 4 is 29.3 Å². The lowest BCUT2D eigenvalue weighted by atomic mass is 10.1. The minimum atomic E-state index is -1.55. The third-order valence-corrected chi connectivity index (χ3v) is 7.45. The highest BCUT2D eigenvalue weighted by molar-refractivity contribution is 5.91. The second-order valence-corrected chi connectivity index (χ2v) is 10.9. The Bertz CT molecular complexity index is 2130. The summed E-state index contributed by atoms with van der Waals surface area (Å²) >= 11 is 0. The molecule has 11 heteroatoms. The number of aromatic nitrogens is 2. The summed E-state index contributed by atoms with van der Waals surface area (Å²) in [6.07, 6.45) is -3.03. The molecular weight excluding hydrogens is 636 g/mol. The molecule has 0 saturated heterocycles. The molecule has 1 N–H and O–H groups in total. The molecule has 2 atom stereocenters. The van der Waals surface area contributed by atoms with Crippen LogP contribution in [0.1, 0.15) is 42.9 Å². The third kappa shape index (κ3) is 7.97. The highest BCUT2D eigenvalue weighted by atomic mass is 16.6. The molecule has 0 aliphatic heterocycles. The Labute approximate surface area is 286 Å². The lowest BCUT2D eigenvalue weighted by Gasteiger charge is -2.26. The summed E-state index contributed by atoms with van der Waals surface area (Å²) in [5.41, 5.74) is 0.626. The fraction of sp³-hybridized carbons (Fsp3) is 0.0769. The first-order valence-electron chi connectivity index (χ1n) is 15.6. The Morgan fingerprint density at radius 1 is 0.580 bits per heavy atom. The average molecular weight is 667 g/mol. The van der Waals surface area contributed by atoms with E-state index >= 15 is 0 Å². The van der Waals surface area contributed by atoms with Gasteiger partial charge in [-0.1, -0.05) is 91.0 Å². The summed E-state index contributed by atoms with van der Waals surface area (Å²) in [4.78, 5) is 54.4. The molecule has 6 rings (SSSR count). The Morgan fingerprint density at radius 2 is 1.04 bits per heavy atom. The summed E-state index contributed by atoms with van der Waals surface area (Å²) in [6.45, 7) is -0.563. The van der Waals surface area contributed by atoms with E-state index in [0.29, 0.717) is 11.4 Å². The lowest BCUT2D eigenvalue weighted by Crippen LogP contribution is -2.34. The number of nitrogens with zero attached hydrogens (tertiary/aromatic N) is 3. The van der Waals surface area contributed by atoms with Gasteiger partial charge in [0.05, 0.1) is 28.1 Å². The van der Waals surface area contributed by atoms with Gasteiger partial charge in [-0.25, -0.2) is 19.1 Å². The molecule has 0 fully saturated rings. The maximum Gasteiger partial charge on any atom is 0.338 e. The van der Waals surface area contributed by atoms with Crippen molar-refractivity contribution in [3.05, 3.63) is 184 Å². The molecule has 0 bridgehead atoms. The van der Waals surface area contributed by atoms with Crippen LogP contribution in [0, 0.1) is 0 Å². The van der Waals surface area contributed by atoms with Crippen molar-refractivity contribution in [2.24, 2.45) is 10.2 Å². The molecule has 0 amide bonds. The van der Waals surface area contributed by atoms with Crippen LogP contribution in [0.5, 0.6) is 0 Å². The number of aromatic amines is 1. The molecular formula is C39H30N4O7. The minimum Gasteiger partial charge on any atom is -0.458 e. The standard InChI is InChI=1S/C39H30N4O7/c44-36-34(41-40-30-22-12-4-13-23-30)33(42-43(36)31-24-14-5-15-25-31)35(50-39(47)29-20-10-3-11-21-29)32(49-38(46)28-18-8-2-9-19-28)26-48-37(45)27-16-6-1-7-17-27/h1-25,32,35,42H,26H2. The fourth-order valence-electron chi connectivity index (χ4n) is 4.96. The summed E-state index contributed by atoms with van der Waals surface area (Å²) in [5.74, 6) is -2.30. The monoisotopic (exact) mass is 666 g/mol. The van der Waals surface area contributed by atoms with Gasteiger partial charge in [0, 0.05) is 0 Å². The van der Waals surface area contributed by atoms with Crippen molar-refractivity contribution in [3.63, 3.8) is 0 Å². The molecule has 1 aromatic heterocycles. The average Bonchev–Trinajstić information content (AvgIpc) is 3.51. The third-order valence-electron chi connectivity index (χ3n) is 7.45. The number of carbonyl (C=O) groups excluding carboxylic acids is 3. The van der Waals surface area contributed by atoms with Crippen LogP contribution in [0.2, 0.25) is 0 Å². The van der Waals surface area contributed by atoms with Crippen LogP contribution in [0.15, 0.2) is 167 Å². The lowest BCUT2D eigenvalue weighted by molar-refractivity contribution is -0.0603. The quantitative estimate of drug-likeness (QED) is 0.0807.